The molecule has 0 radical (unpaired) electrons. The smallest absolute Gasteiger partial charge is 0.309 e. The minimum Gasteiger partial charge on any atom is -0.469 e. The van der Waals surface area contributed by atoms with Crippen molar-refractivity contribution in [2.75, 3.05) is 17.7 Å². The van der Waals surface area contributed by atoms with E-state index in [1.54, 1.807) is 30.3 Å². The van der Waals surface area contributed by atoms with Crippen LogP contribution in [0.3, 0.4) is 0 Å². The molecule has 0 fully saturated rings. The first-order chi connectivity index (χ1) is 13.9. The van der Waals surface area contributed by atoms with E-state index in [0.717, 1.165) is 16.7 Å². The number of methoxy groups -OCH3 is 1. The van der Waals surface area contributed by atoms with Crippen LogP contribution < -0.4 is 10.6 Å². The van der Waals surface area contributed by atoms with E-state index in [4.69, 9.17) is 4.74 Å². The molecular formula is C22H18FN3O3. The number of anilines is 3. The molecule has 4 rings (SSSR count). The lowest BCUT2D eigenvalue weighted by molar-refractivity contribution is -0.139. The minimum atomic E-state index is -0.560. The normalized spacial score (nSPS) is 12.2. The molecule has 7 heteroatoms. The molecule has 1 aromatic heterocycles. The number of aromatic nitrogens is 1. The maximum absolute atomic E-state index is 13.6. The number of hydrogen-bond donors (Lipinski definition) is 2. The fraction of sp³-hybridized carbons (Fsp3) is 0.136. The first-order valence-corrected chi connectivity index (χ1v) is 8.99. The lowest BCUT2D eigenvalue weighted by atomic mass is 9.99. The van der Waals surface area contributed by atoms with Gasteiger partial charge in [0.15, 0.2) is 0 Å². The summed E-state index contributed by atoms with van der Waals surface area (Å²) in [6, 6.07) is 12.0. The molecule has 0 bridgehead atoms. The Balaban J connectivity index is 1.73. The van der Waals surface area contributed by atoms with Gasteiger partial charge in [-0.25, -0.2) is 4.98 Å². The van der Waals surface area contributed by atoms with Crippen molar-refractivity contribution in [1.29, 1.82) is 0 Å². The van der Waals surface area contributed by atoms with Crippen LogP contribution in [0.5, 0.6) is 0 Å². The van der Waals surface area contributed by atoms with Gasteiger partial charge in [0.25, 0.3) is 5.91 Å². The molecule has 29 heavy (non-hydrogen) atoms. The second-order valence-corrected chi connectivity index (χ2v) is 6.79. The first kappa shape index (κ1) is 18.6. The summed E-state index contributed by atoms with van der Waals surface area (Å²) in [5.41, 5.74) is 5.38. The molecule has 3 aromatic rings. The SMILES string of the molecule is COC(=O)Cc1ccc2c(c1)NC(=O)c1ccc(-c3cc(F)ncc3C)cc1N2. The number of fused-ring (bicyclic) bond motifs is 2. The number of nitrogens with zero attached hydrogens (tertiary/aromatic N) is 1. The highest BCUT2D eigenvalue weighted by molar-refractivity contribution is 6.12. The largest absolute Gasteiger partial charge is 0.469 e. The highest BCUT2D eigenvalue weighted by Crippen LogP contribution is 2.35. The standard InChI is InChI=1S/C22H18FN3O3/c1-12-11-24-20(23)10-16(12)14-4-5-15-18(9-14)25-17-6-3-13(8-21(27)29-2)7-19(17)26-22(15)28/h3-7,9-11,25H,8H2,1-2H3,(H,26,28). The van der Waals surface area contributed by atoms with Gasteiger partial charge in [0, 0.05) is 12.3 Å². The number of ether oxygens (including phenoxy) is 1. The van der Waals surface area contributed by atoms with Crippen LogP contribution in [0.15, 0.2) is 48.7 Å². The van der Waals surface area contributed by atoms with Crippen LogP contribution in [0.1, 0.15) is 21.5 Å². The van der Waals surface area contributed by atoms with E-state index < -0.39 is 5.95 Å². The number of halogens is 1. The third kappa shape index (κ3) is 3.67. The molecular weight excluding hydrogens is 373 g/mol. The van der Waals surface area contributed by atoms with E-state index in [9.17, 15) is 14.0 Å². The number of pyridine rings is 1. The molecule has 0 saturated heterocycles. The Kier molecular flexibility index (Phi) is 4.72. The highest BCUT2D eigenvalue weighted by Gasteiger charge is 2.20. The number of aryl methyl sites for hydroxylation is 1. The van der Waals surface area contributed by atoms with E-state index in [0.29, 0.717) is 28.2 Å². The van der Waals surface area contributed by atoms with Gasteiger partial charge >= 0.3 is 5.97 Å². The van der Waals surface area contributed by atoms with Crippen molar-refractivity contribution in [3.63, 3.8) is 0 Å². The maximum atomic E-state index is 13.6. The predicted octanol–water partition coefficient (Wildman–Crippen LogP) is 4.22. The first-order valence-electron chi connectivity index (χ1n) is 8.99. The van der Waals surface area contributed by atoms with Crippen molar-refractivity contribution >= 4 is 28.9 Å². The number of rotatable bonds is 3. The van der Waals surface area contributed by atoms with Crippen molar-refractivity contribution < 1.29 is 18.7 Å². The molecule has 1 aliphatic rings. The van der Waals surface area contributed by atoms with Crippen LogP contribution in [0.2, 0.25) is 0 Å². The zero-order valence-corrected chi connectivity index (χ0v) is 15.9. The number of carbonyl (C=O) groups excluding carboxylic acids is 2. The van der Waals surface area contributed by atoms with Gasteiger partial charge in [-0.15, -0.1) is 0 Å². The van der Waals surface area contributed by atoms with Gasteiger partial charge in [-0.2, -0.15) is 4.39 Å². The summed E-state index contributed by atoms with van der Waals surface area (Å²) in [4.78, 5) is 27.9. The second-order valence-electron chi connectivity index (χ2n) is 6.79. The molecule has 2 aromatic carbocycles. The van der Waals surface area contributed by atoms with E-state index in [1.807, 2.05) is 13.0 Å². The highest BCUT2D eigenvalue weighted by atomic mass is 19.1. The number of nitrogens with one attached hydrogen (secondary N) is 2. The molecule has 0 aliphatic carbocycles. The molecule has 1 aliphatic heterocycles. The van der Waals surface area contributed by atoms with Gasteiger partial charge in [-0.05, 0) is 53.4 Å². The molecule has 2 heterocycles. The van der Waals surface area contributed by atoms with Crippen LogP contribution in [0, 0.1) is 12.9 Å². The molecule has 146 valence electrons. The Morgan fingerprint density at radius 3 is 2.66 bits per heavy atom. The number of amides is 1. The van der Waals surface area contributed by atoms with E-state index in [1.165, 1.54) is 19.4 Å². The lowest BCUT2D eigenvalue weighted by Crippen LogP contribution is -2.11. The summed E-state index contributed by atoms with van der Waals surface area (Å²) < 4.78 is 18.3. The number of benzene rings is 2. The fourth-order valence-corrected chi connectivity index (χ4v) is 3.31. The Morgan fingerprint density at radius 2 is 1.86 bits per heavy atom. The molecule has 0 saturated carbocycles. The van der Waals surface area contributed by atoms with Gasteiger partial charge in [0.1, 0.15) is 0 Å². The average Bonchev–Trinajstić information content (AvgIpc) is 2.84. The second kappa shape index (κ2) is 7.35. The van der Waals surface area contributed by atoms with Crippen LogP contribution in [0.25, 0.3) is 11.1 Å². The summed E-state index contributed by atoms with van der Waals surface area (Å²) in [6.07, 6.45) is 1.60. The summed E-state index contributed by atoms with van der Waals surface area (Å²) in [6.45, 7) is 1.85. The number of hydrogen-bond acceptors (Lipinski definition) is 5. The molecule has 0 unspecified atom stereocenters. The van der Waals surface area contributed by atoms with Crippen LogP contribution in [0.4, 0.5) is 21.5 Å². The van der Waals surface area contributed by atoms with Crippen molar-refractivity contribution in [3.8, 4) is 11.1 Å². The van der Waals surface area contributed by atoms with E-state index in [-0.39, 0.29) is 18.3 Å². The van der Waals surface area contributed by atoms with Gasteiger partial charge in [-0.1, -0.05) is 12.1 Å². The quantitative estimate of drug-likeness (QED) is 0.516. The van der Waals surface area contributed by atoms with Gasteiger partial charge in [0.2, 0.25) is 5.95 Å². The summed E-state index contributed by atoms with van der Waals surface area (Å²) in [5.74, 6) is -1.19. The zero-order valence-electron chi connectivity index (χ0n) is 15.9. The van der Waals surface area contributed by atoms with Crippen molar-refractivity contribution in [3.05, 3.63) is 71.3 Å². The Hall–Kier alpha value is -3.74. The van der Waals surface area contributed by atoms with E-state index in [2.05, 4.69) is 15.6 Å². The molecule has 0 spiro atoms. The summed E-state index contributed by atoms with van der Waals surface area (Å²) in [5, 5.41) is 6.13. The van der Waals surface area contributed by atoms with Gasteiger partial charge < -0.3 is 15.4 Å². The maximum Gasteiger partial charge on any atom is 0.309 e. The Morgan fingerprint density at radius 1 is 1.03 bits per heavy atom. The number of carbonyl (C=O) groups is 2. The third-order valence-corrected chi connectivity index (χ3v) is 4.82. The predicted molar refractivity (Wildman–Crippen MR) is 108 cm³/mol. The summed E-state index contributed by atoms with van der Waals surface area (Å²) in [7, 11) is 1.33. The monoisotopic (exact) mass is 391 g/mol. The van der Waals surface area contributed by atoms with Gasteiger partial charge in [-0.3, -0.25) is 9.59 Å². The van der Waals surface area contributed by atoms with Crippen LogP contribution >= 0.6 is 0 Å². The molecule has 1 amide bonds. The third-order valence-electron chi connectivity index (χ3n) is 4.82. The average molecular weight is 391 g/mol. The topological polar surface area (TPSA) is 80.3 Å². The minimum absolute atomic E-state index is 0.115. The Bertz CT molecular complexity index is 1140. The number of esters is 1. The zero-order chi connectivity index (χ0) is 20.5. The fourth-order valence-electron chi connectivity index (χ4n) is 3.31. The van der Waals surface area contributed by atoms with Crippen LogP contribution in [-0.2, 0) is 16.0 Å². The molecule has 0 atom stereocenters. The van der Waals surface area contributed by atoms with Crippen molar-refractivity contribution in [2.24, 2.45) is 0 Å². The Labute approximate surface area is 166 Å². The summed E-state index contributed by atoms with van der Waals surface area (Å²) >= 11 is 0. The molecule has 2 N–H and O–H groups in total. The van der Waals surface area contributed by atoms with Crippen LogP contribution in [-0.4, -0.2) is 24.0 Å². The van der Waals surface area contributed by atoms with Gasteiger partial charge in [0.05, 0.1) is 36.2 Å². The lowest BCUT2D eigenvalue weighted by Gasteiger charge is -2.12. The molecule has 6 nitrogen and oxygen atoms in total. The van der Waals surface area contributed by atoms with Crippen molar-refractivity contribution in [2.45, 2.75) is 13.3 Å². The van der Waals surface area contributed by atoms with E-state index >= 15 is 0 Å². The van der Waals surface area contributed by atoms with Crippen molar-refractivity contribution in [1.82, 2.24) is 4.98 Å².